The largest absolute Gasteiger partial charge is 0.467 e. The molecular formula is C12H15BrClNO2. The zero-order valence-corrected chi connectivity index (χ0v) is 12.4. The van der Waals surface area contributed by atoms with E-state index in [1.54, 1.807) is 13.0 Å². The van der Waals surface area contributed by atoms with Crippen LogP contribution in [0.5, 0.6) is 0 Å². The van der Waals surface area contributed by atoms with E-state index < -0.39 is 5.54 Å². The summed E-state index contributed by atoms with van der Waals surface area (Å²) in [5.74, 6) is -0.286. The predicted octanol–water partition coefficient (Wildman–Crippen LogP) is 3.86. The highest BCUT2D eigenvalue weighted by Crippen LogP contribution is 2.28. The minimum Gasteiger partial charge on any atom is -0.467 e. The van der Waals surface area contributed by atoms with Gasteiger partial charge in [-0.05, 0) is 47.5 Å². The molecule has 0 aromatic heterocycles. The third-order valence-corrected chi connectivity index (χ3v) is 3.90. The number of carbonyl (C=O) groups excluding carboxylic acids is 1. The number of hydrogen-bond acceptors (Lipinski definition) is 3. The lowest BCUT2D eigenvalue weighted by Crippen LogP contribution is -2.43. The van der Waals surface area contributed by atoms with Gasteiger partial charge in [-0.2, -0.15) is 0 Å². The molecule has 17 heavy (non-hydrogen) atoms. The summed E-state index contributed by atoms with van der Waals surface area (Å²) in [5.41, 5.74) is 0.0817. The summed E-state index contributed by atoms with van der Waals surface area (Å²) in [6.45, 7) is 3.73. The van der Waals surface area contributed by atoms with Gasteiger partial charge in [0.05, 0.1) is 12.1 Å². The van der Waals surface area contributed by atoms with Crippen molar-refractivity contribution < 1.29 is 9.53 Å². The van der Waals surface area contributed by atoms with Gasteiger partial charge in [-0.15, -0.1) is 0 Å². The molecule has 0 aliphatic heterocycles. The van der Waals surface area contributed by atoms with Crippen LogP contribution in [-0.4, -0.2) is 18.6 Å². The molecule has 0 fully saturated rings. The quantitative estimate of drug-likeness (QED) is 0.856. The molecule has 1 aromatic rings. The first kappa shape index (κ1) is 14.3. The Morgan fingerprint density at radius 1 is 1.59 bits per heavy atom. The molecule has 1 N–H and O–H groups in total. The van der Waals surface area contributed by atoms with Gasteiger partial charge in [0.15, 0.2) is 0 Å². The van der Waals surface area contributed by atoms with Crippen molar-refractivity contribution in [1.29, 1.82) is 0 Å². The summed E-state index contributed by atoms with van der Waals surface area (Å²) in [6.07, 6.45) is 0.625. The van der Waals surface area contributed by atoms with Crippen molar-refractivity contribution in [3.63, 3.8) is 0 Å². The molecule has 5 heteroatoms. The molecule has 94 valence electrons. The Kier molecular flexibility index (Phi) is 4.83. The van der Waals surface area contributed by atoms with E-state index in [1.165, 1.54) is 7.11 Å². The van der Waals surface area contributed by atoms with Gasteiger partial charge < -0.3 is 10.1 Å². The second-order valence-electron chi connectivity index (χ2n) is 3.93. The lowest BCUT2D eigenvalue weighted by Gasteiger charge is -2.27. The van der Waals surface area contributed by atoms with Gasteiger partial charge in [0, 0.05) is 10.2 Å². The number of halogens is 2. The summed E-state index contributed by atoms with van der Waals surface area (Å²) in [6, 6.07) is 5.42. The molecule has 0 heterocycles. The molecule has 0 spiro atoms. The summed E-state index contributed by atoms with van der Waals surface area (Å²) in [7, 11) is 1.38. The molecule has 3 nitrogen and oxygen atoms in total. The fraction of sp³-hybridized carbons (Fsp3) is 0.417. The second-order valence-corrected chi connectivity index (χ2v) is 5.19. The topological polar surface area (TPSA) is 38.3 Å². The highest BCUT2D eigenvalue weighted by molar-refractivity contribution is 9.10. The Bertz CT molecular complexity index is 425. The first-order valence-corrected chi connectivity index (χ1v) is 6.41. The second kappa shape index (κ2) is 5.74. The van der Waals surface area contributed by atoms with Crippen LogP contribution in [0.15, 0.2) is 22.7 Å². The van der Waals surface area contributed by atoms with Crippen LogP contribution in [0.2, 0.25) is 5.02 Å². The third kappa shape index (κ3) is 3.36. The molecule has 0 aliphatic rings. The van der Waals surface area contributed by atoms with E-state index in [0.29, 0.717) is 11.4 Å². The summed E-state index contributed by atoms with van der Waals surface area (Å²) >= 11 is 9.25. The molecule has 1 rings (SSSR count). The molecule has 1 unspecified atom stereocenters. The van der Waals surface area contributed by atoms with E-state index >= 15 is 0 Å². The van der Waals surface area contributed by atoms with E-state index in [1.807, 2.05) is 19.1 Å². The Hall–Kier alpha value is -0.740. The van der Waals surface area contributed by atoms with Gasteiger partial charge in [0.2, 0.25) is 0 Å². The highest BCUT2D eigenvalue weighted by Gasteiger charge is 2.32. The Morgan fingerprint density at radius 3 is 2.71 bits per heavy atom. The van der Waals surface area contributed by atoms with Gasteiger partial charge >= 0.3 is 5.97 Å². The summed E-state index contributed by atoms with van der Waals surface area (Å²) in [5, 5.41) is 3.79. The van der Waals surface area contributed by atoms with E-state index in [-0.39, 0.29) is 5.97 Å². The van der Waals surface area contributed by atoms with Crippen LogP contribution in [0.25, 0.3) is 0 Å². The van der Waals surface area contributed by atoms with Crippen molar-refractivity contribution in [3.05, 3.63) is 27.7 Å². The van der Waals surface area contributed by atoms with Crippen LogP contribution in [0.4, 0.5) is 5.69 Å². The first-order chi connectivity index (χ1) is 7.92. The van der Waals surface area contributed by atoms with Crippen LogP contribution in [0.3, 0.4) is 0 Å². The standard InChI is InChI=1S/C12H15BrClNO2/c1-4-12(2,11(16)17-3)15-8-5-6-10(14)9(13)7-8/h5-7,15H,4H2,1-3H3. The molecule has 1 aromatic carbocycles. The fourth-order valence-electron chi connectivity index (χ4n) is 1.40. The Morgan fingerprint density at radius 2 is 2.24 bits per heavy atom. The summed E-state index contributed by atoms with van der Waals surface area (Å²) < 4.78 is 5.58. The van der Waals surface area contributed by atoms with Crippen LogP contribution >= 0.6 is 27.5 Å². The molecular weight excluding hydrogens is 305 g/mol. The predicted molar refractivity (Wildman–Crippen MR) is 73.5 cm³/mol. The number of esters is 1. The van der Waals surface area contributed by atoms with Crippen LogP contribution < -0.4 is 5.32 Å². The van der Waals surface area contributed by atoms with E-state index in [9.17, 15) is 4.79 Å². The number of benzene rings is 1. The molecule has 1 atom stereocenters. The minimum absolute atomic E-state index is 0.286. The molecule has 0 radical (unpaired) electrons. The Balaban J connectivity index is 2.95. The van der Waals surface area contributed by atoms with Crippen molar-refractivity contribution in [1.82, 2.24) is 0 Å². The maximum atomic E-state index is 11.7. The Labute approximate surface area is 115 Å². The fourth-order valence-corrected chi connectivity index (χ4v) is 1.90. The van der Waals surface area contributed by atoms with Crippen LogP contribution in [-0.2, 0) is 9.53 Å². The van der Waals surface area contributed by atoms with Gasteiger partial charge in [-0.1, -0.05) is 18.5 Å². The molecule has 0 saturated carbocycles. The van der Waals surface area contributed by atoms with Crippen molar-refractivity contribution in [3.8, 4) is 0 Å². The number of ether oxygens (including phenoxy) is 1. The number of methoxy groups -OCH3 is 1. The van der Waals surface area contributed by atoms with Gasteiger partial charge in [0.1, 0.15) is 5.54 Å². The van der Waals surface area contributed by atoms with Gasteiger partial charge in [-0.25, -0.2) is 4.79 Å². The highest BCUT2D eigenvalue weighted by atomic mass is 79.9. The molecule has 0 bridgehead atoms. The SMILES string of the molecule is CCC(C)(Nc1ccc(Cl)c(Br)c1)C(=O)OC. The molecule has 0 aliphatic carbocycles. The molecule has 0 amide bonds. The zero-order chi connectivity index (χ0) is 13.1. The van der Waals surface area contributed by atoms with Crippen molar-refractivity contribution in [2.75, 3.05) is 12.4 Å². The number of carbonyl (C=O) groups is 1. The average Bonchev–Trinajstić information content (AvgIpc) is 2.32. The number of anilines is 1. The lowest BCUT2D eigenvalue weighted by atomic mass is 9.98. The normalized spacial score (nSPS) is 13.9. The molecule has 0 saturated heterocycles. The van der Waals surface area contributed by atoms with Crippen LogP contribution in [0.1, 0.15) is 20.3 Å². The number of hydrogen-bond donors (Lipinski definition) is 1. The monoisotopic (exact) mass is 319 g/mol. The van der Waals surface area contributed by atoms with E-state index in [0.717, 1.165) is 10.2 Å². The number of rotatable bonds is 4. The van der Waals surface area contributed by atoms with Crippen LogP contribution in [0, 0.1) is 0 Å². The van der Waals surface area contributed by atoms with E-state index in [4.69, 9.17) is 16.3 Å². The van der Waals surface area contributed by atoms with Crippen molar-refractivity contribution >= 4 is 39.2 Å². The van der Waals surface area contributed by atoms with E-state index in [2.05, 4.69) is 21.2 Å². The number of nitrogens with one attached hydrogen (secondary N) is 1. The maximum absolute atomic E-state index is 11.7. The smallest absolute Gasteiger partial charge is 0.331 e. The zero-order valence-electron chi connectivity index (χ0n) is 10.0. The van der Waals surface area contributed by atoms with Crippen molar-refractivity contribution in [2.24, 2.45) is 0 Å². The van der Waals surface area contributed by atoms with Gasteiger partial charge in [0.25, 0.3) is 0 Å². The lowest BCUT2D eigenvalue weighted by molar-refractivity contribution is -0.145. The first-order valence-electron chi connectivity index (χ1n) is 5.24. The van der Waals surface area contributed by atoms with Gasteiger partial charge in [-0.3, -0.25) is 0 Å². The summed E-state index contributed by atoms with van der Waals surface area (Å²) in [4.78, 5) is 11.7. The third-order valence-electron chi connectivity index (χ3n) is 2.68. The minimum atomic E-state index is -0.734. The maximum Gasteiger partial charge on any atom is 0.331 e. The average molecular weight is 321 g/mol. The van der Waals surface area contributed by atoms with Crippen molar-refractivity contribution in [2.45, 2.75) is 25.8 Å².